The molecule has 2 heterocycles. The van der Waals surface area contributed by atoms with Crippen LogP contribution in [0.25, 0.3) is 0 Å². The SMILES string of the molecule is [2H]C1([2H])N(c2ncc(Br)cn2)C([2H])([2H])C(F)(F)C1([2H])[2H]. The first kappa shape index (κ1) is 4.83. The molecule has 1 aromatic heterocycles. The maximum Gasteiger partial charge on any atom is 0.267 e. The minimum Gasteiger partial charge on any atom is -0.335 e. The van der Waals surface area contributed by atoms with Gasteiger partial charge in [-0.3, -0.25) is 0 Å². The number of anilines is 1. The van der Waals surface area contributed by atoms with E-state index in [1.807, 2.05) is 0 Å². The van der Waals surface area contributed by atoms with E-state index in [4.69, 9.17) is 8.22 Å². The number of aromatic nitrogens is 2. The van der Waals surface area contributed by atoms with Gasteiger partial charge in [0.1, 0.15) is 0 Å². The Bertz CT molecular complexity index is 512. The maximum atomic E-state index is 13.9. The van der Waals surface area contributed by atoms with Crippen LogP contribution in [-0.4, -0.2) is 28.9 Å². The Kier molecular flexibility index (Phi) is 1.18. The van der Waals surface area contributed by atoms with Crippen molar-refractivity contribution >= 4 is 21.9 Å². The van der Waals surface area contributed by atoms with Gasteiger partial charge in [-0.05, 0) is 15.9 Å². The second-order valence-electron chi connectivity index (χ2n) is 2.46. The molecular weight excluding hydrogens is 256 g/mol. The van der Waals surface area contributed by atoms with Gasteiger partial charge in [0.2, 0.25) is 5.95 Å². The van der Waals surface area contributed by atoms with Crippen LogP contribution in [0.5, 0.6) is 0 Å². The fourth-order valence-electron chi connectivity index (χ4n) is 0.843. The Labute approximate surface area is 96.7 Å². The molecule has 1 aliphatic heterocycles. The van der Waals surface area contributed by atoms with E-state index in [-0.39, 0.29) is 4.90 Å². The highest BCUT2D eigenvalue weighted by Crippen LogP contribution is 2.28. The van der Waals surface area contributed by atoms with Crippen LogP contribution in [0, 0.1) is 0 Å². The molecule has 3 nitrogen and oxygen atoms in total. The molecule has 2 rings (SSSR count). The van der Waals surface area contributed by atoms with Crippen molar-refractivity contribution < 1.29 is 17.0 Å². The third-order valence-corrected chi connectivity index (χ3v) is 1.79. The van der Waals surface area contributed by atoms with Crippen molar-refractivity contribution in [3.8, 4) is 0 Å². The van der Waals surface area contributed by atoms with Crippen LogP contribution in [0.1, 0.15) is 14.6 Å². The minimum atomic E-state index is -4.58. The van der Waals surface area contributed by atoms with Gasteiger partial charge in [-0.1, -0.05) is 0 Å². The fourth-order valence-corrected chi connectivity index (χ4v) is 1.05. The lowest BCUT2D eigenvalue weighted by molar-refractivity contribution is 0.0256. The number of nitrogens with zero attached hydrogens (tertiary/aromatic N) is 3. The minimum absolute atomic E-state index is 0.0631. The number of hydrogen-bond donors (Lipinski definition) is 0. The molecule has 0 bridgehead atoms. The molecule has 0 radical (unpaired) electrons. The third kappa shape index (κ3) is 2.00. The van der Waals surface area contributed by atoms with Crippen LogP contribution >= 0.6 is 15.9 Å². The van der Waals surface area contributed by atoms with Crippen molar-refractivity contribution in [2.75, 3.05) is 17.9 Å². The van der Waals surface area contributed by atoms with E-state index in [1.54, 1.807) is 0 Å². The predicted octanol–water partition coefficient (Wildman–Crippen LogP) is 2.08. The average Bonchev–Trinajstić information content (AvgIpc) is 2.36. The highest BCUT2D eigenvalue weighted by atomic mass is 79.9. The van der Waals surface area contributed by atoms with Gasteiger partial charge in [0.25, 0.3) is 5.92 Å². The summed E-state index contributed by atoms with van der Waals surface area (Å²) in [4.78, 5) is 7.08. The van der Waals surface area contributed by atoms with E-state index in [0.717, 1.165) is 12.4 Å². The average molecular weight is 270 g/mol. The molecule has 1 saturated heterocycles. The summed E-state index contributed by atoms with van der Waals surface area (Å²) in [6.45, 7) is -6.94. The molecule has 0 spiro atoms. The Morgan fingerprint density at radius 2 is 2.14 bits per heavy atom. The number of rotatable bonds is 1. The lowest BCUT2D eigenvalue weighted by atomic mass is 10.3. The first-order chi connectivity index (χ1) is 8.87. The fraction of sp³-hybridized carbons (Fsp3) is 0.500. The molecule has 6 heteroatoms. The summed E-state index contributed by atoms with van der Waals surface area (Å²) in [5, 5.41) is 0. The zero-order valence-corrected chi connectivity index (χ0v) is 8.22. The van der Waals surface area contributed by atoms with Gasteiger partial charge in [-0.2, -0.15) is 0 Å². The van der Waals surface area contributed by atoms with Gasteiger partial charge in [0, 0.05) is 30.7 Å². The van der Waals surface area contributed by atoms with E-state index in [0.29, 0.717) is 4.47 Å². The second-order valence-corrected chi connectivity index (χ2v) is 3.38. The van der Waals surface area contributed by atoms with Gasteiger partial charge in [0.05, 0.1) is 13.7 Å². The second kappa shape index (κ2) is 3.42. The summed E-state index contributed by atoms with van der Waals surface area (Å²) >= 11 is 3.00. The van der Waals surface area contributed by atoms with Crippen molar-refractivity contribution in [1.29, 1.82) is 0 Å². The zero-order chi connectivity index (χ0) is 15.6. The Morgan fingerprint density at radius 3 is 2.64 bits per heavy atom. The summed E-state index contributed by atoms with van der Waals surface area (Å²) in [6, 6.07) is 0. The van der Waals surface area contributed by atoms with Gasteiger partial charge in [0.15, 0.2) is 0 Å². The van der Waals surface area contributed by atoms with Crippen LogP contribution in [0.15, 0.2) is 16.9 Å². The molecule has 1 aromatic rings. The number of halogens is 3. The topological polar surface area (TPSA) is 29.0 Å². The monoisotopic (exact) mass is 269 g/mol. The molecular formula is C8H8BrF2N3. The van der Waals surface area contributed by atoms with Crippen LogP contribution in [0.4, 0.5) is 14.7 Å². The summed E-state index contributed by atoms with van der Waals surface area (Å²) in [5.74, 6) is -5.25. The van der Waals surface area contributed by atoms with Gasteiger partial charge >= 0.3 is 0 Å². The van der Waals surface area contributed by atoms with E-state index in [1.165, 1.54) is 0 Å². The van der Waals surface area contributed by atoms with Crippen LogP contribution in [-0.2, 0) is 0 Å². The van der Waals surface area contributed by atoms with Crippen LogP contribution in [0.3, 0.4) is 0 Å². The Hall–Kier alpha value is -0.780. The molecule has 0 aromatic carbocycles. The van der Waals surface area contributed by atoms with Crippen molar-refractivity contribution in [1.82, 2.24) is 9.97 Å². The molecule has 1 aliphatic rings. The van der Waals surface area contributed by atoms with Crippen molar-refractivity contribution in [3.05, 3.63) is 16.9 Å². The molecule has 0 saturated carbocycles. The Balaban J connectivity index is 2.66. The van der Waals surface area contributed by atoms with Crippen molar-refractivity contribution in [2.24, 2.45) is 0 Å². The molecule has 0 atom stereocenters. The van der Waals surface area contributed by atoms with Gasteiger partial charge in [-0.15, -0.1) is 0 Å². The molecule has 1 fully saturated rings. The first-order valence-corrected chi connectivity index (χ1v) is 4.32. The molecule has 0 N–H and O–H groups in total. The van der Waals surface area contributed by atoms with Gasteiger partial charge < -0.3 is 4.90 Å². The van der Waals surface area contributed by atoms with E-state index >= 15 is 0 Å². The van der Waals surface area contributed by atoms with E-state index < -0.39 is 31.2 Å². The zero-order valence-electron chi connectivity index (χ0n) is 12.6. The maximum absolute atomic E-state index is 13.9. The largest absolute Gasteiger partial charge is 0.335 e. The predicted molar refractivity (Wildman–Crippen MR) is 51.5 cm³/mol. The third-order valence-electron chi connectivity index (χ3n) is 1.38. The van der Waals surface area contributed by atoms with Gasteiger partial charge in [-0.25, -0.2) is 18.7 Å². The molecule has 0 amide bonds. The molecule has 0 unspecified atom stereocenters. The summed E-state index contributed by atoms with van der Waals surface area (Å²) in [6.07, 6.45) is -1.50. The number of hydrogen-bond acceptors (Lipinski definition) is 3. The van der Waals surface area contributed by atoms with Crippen LogP contribution < -0.4 is 4.90 Å². The number of alkyl halides is 2. The summed E-state index contributed by atoms with van der Waals surface area (Å²) in [7, 11) is 0. The first-order valence-electron chi connectivity index (χ1n) is 6.53. The highest BCUT2D eigenvalue weighted by molar-refractivity contribution is 9.10. The quantitative estimate of drug-likeness (QED) is 0.782. The lowest BCUT2D eigenvalue weighted by Gasteiger charge is -2.14. The standard InChI is InChI=1S/C8H8BrF2N3/c9-6-3-12-7(13-4-6)14-2-1-8(10,11)5-14/h3-4H,1-2,5H2/i1D2,2D2,5D2. The lowest BCUT2D eigenvalue weighted by Crippen LogP contribution is -2.26. The van der Waals surface area contributed by atoms with E-state index in [9.17, 15) is 8.78 Å². The smallest absolute Gasteiger partial charge is 0.267 e. The summed E-state index contributed by atoms with van der Waals surface area (Å²) in [5.41, 5.74) is 0. The van der Waals surface area contributed by atoms with Crippen molar-refractivity contribution in [3.63, 3.8) is 0 Å². The summed E-state index contributed by atoms with van der Waals surface area (Å²) < 4.78 is 72.7. The molecule has 14 heavy (non-hydrogen) atoms. The van der Waals surface area contributed by atoms with Crippen LogP contribution in [0.2, 0.25) is 0 Å². The van der Waals surface area contributed by atoms with E-state index in [2.05, 4.69) is 25.9 Å². The van der Waals surface area contributed by atoms with Crippen molar-refractivity contribution in [2.45, 2.75) is 12.3 Å². The Morgan fingerprint density at radius 1 is 1.50 bits per heavy atom. The molecule has 0 aliphatic carbocycles. The highest BCUT2D eigenvalue weighted by Gasteiger charge is 2.39. The normalized spacial score (nSPS) is 37.2. The molecule has 76 valence electrons.